The van der Waals surface area contributed by atoms with E-state index >= 15 is 0 Å². The Kier molecular flexibility index (Phi) is 7.06. The summed E-state index contributed by atoms with van der Waals surface area (Å²) in [5.74, 6) is 1.44. The number of benzene rings is 2. The standard InChI is InChI=1S/C24H24N4O2S/c1-16(2)14-26-24-28(27-17(3)19-8-6-18(13-25)7-9-19)22(15-31-24)21-12-20(29-4)10-11-23(21)30-5/h6-12,15H,1,14H2,2-5H3. The first-order valence-corrected chi connectivity index (χ1v) is 10.5. The van der Waals surface area contributed by atoms with E-state index in [0.29, 0.717) is 17.9 Å². The largest absolute Gasteiger partial charge is 0.497 e. The molecule has 7 heteroatoms. The van der Waals surface area contributed by atoms with E-state index in [9.17, 15) is 0 Å². The second-order valence-electron chi connectivity index (χ2n) is 6.93. The van der Waals surface area contributed by atoms with Crippen molar-refractivity contribution in [3.05, 3.63) is 75.9 Å². The van der Waals surface area contributed by atoms with Crippen molar-refractivity contribution in [2.45, 2.75) is 13.8 Å². The van der Waals surface area contributed by atoms with Gasteiger partial charge in [0.25, 0.3) is 0 Å². The first kappa shape index (κ1) is 22.1. The molecule has 158 valence electrons. The molecule has 0 aliphatic heterocycles. The molecule has 6 nitrogen and oxygen atoms in total. The molecule has 0 saturated carbocycles. The fourth-order valence-corrected chi connectivity index (χ4v) is 3.72. The Morgan fingerprint density at radius 2 is 1.87 bits per heavy atom. The molecule has 0 N–H and O–H groups in total. The Morgan fingerprint density at radius 1 is 1.13 bits per heavy atom. The van der Waals surface area contributed by atoms with Crippen LogP contribution in [0.3, 0.4) is 0 Å². The van der Waals surface area contributed by atoms with Crippen LogP contribution < -0.4 is 14.3 Å². The molecule has 3 rings (SSSR count). The minimum Gasteiger partial charge on any atom is -0.497 e. The van der Waals surface area contributed by atoms with E-state index in [1.54, 1.807) is 26.4 Å². The highest BCUT2D eigenvalue weighted by atomic mass is 32.1. The highest BCUT2D eigenvalue weighted by Gasteiger charge is 2.15. The van der Waals surface area contributed by atoms with Crippen LogP contribution in [0.2, 0.25) is 0 Å². The number of thiazole rings is 1. The van der Waals surface area contributed by atoms with Gasteiger partial charge in [-0.2, -0.15) is 10.4 Å². The van der Waals surface area contributed by atoms with Crippen molar-refractivity contribution in [2.24, 2.45) is 10.1 Å². The molecule has 3 aromatic rings. The van der Waals surface area contributed by atoms with Gasteiger partial charge >= 0.3 is 0 Å². The molecule has 0 unspecified atom stereocenters. The van der Waals surface area contributed by atoms with Crippen molar-refractivity contribution < 1.29 is 9.47 Å². The van der Waals surface area contributed by atoms with Gasteiger partial charge in [-0.15, -0.1) is 11.3 Å². The van der Waals surface area contributed by atoms with Gasteiger partial charge in [-0.05, 0) is 49.7 Å². The van der Waals surface area contributed by atoms with Crippen molar-refractivity contribution in [3.63, 3.8) is 0 Å². The van der Waals surface area contributed by atoms with Gasteiger partial charge in [0, 0.05) is 10.9 Å². The molecule has 2 aromatic carbocycles. The summed E-state index contributed by atoms with van der Waals surface area (Å²) in [7, 11) is 3.27. The van der Waals surface area contributed by atoms with Gasteiger partial charge in [-0.25, -0.2) is 4.68 Å². The molecule has 1 aromatic heterocycles. The molecule has 0 amide bonds. The van der Waals surface area contributed by atoms with Crippen LogP contribution in [0.1, 0.15) is 25.0 Å². The lowest BCUT2D eigenvalue weighted by Gasteiger charge is -2.12. The second-order valence-corrected chi connectivity index (χ2v) is 7.77. The van der Waals surface area contributed by atoms with Gasteiger partial charge < -0.3 is 9.47 Å². The van der Waals surface area contributed by atoms with Crippen LogP contribution in [0.5, 0.6) is 11.5 Å². The third-order valence-electron chi connectivity index (χ3n) is 4.53. The van der Waals surface area contributed by atoms with E-state index in [0.717, 1.165) is 38.7 Å². The van der Waals surface area contributed by atoms with Crippen LogP contribution in [-0.4, -0.2) is 31.2 Å². The third kappa shape index (κ3) is 5.11. The maximum atomic E-state index is 9.04. The number of hydrogen-bond acceptors (Lipinski definition) is 6. The molecule has 0 spiro atoms. The fourth-order valence-electron chi connectivity index (χ4n) is 2.90. The predicted octanol–water partition coefficient (Wildman–Crippen LogP) is 4.85. The zero-order valence-corrected chi connectivity index (χ0v) is 18.9. The summed E-state index contributed by atoms with van der Waals surface area (Å²) in [6.45, 7) is 8.33. The van der Waals surface area contributed by atoms with Crippen molar-refractivity contribution in [2.75, 3.05) is 20.8 Å². The first-order chi connectivity index (χ1) is 15.0. The van der Waals surface area contributed by atoms with Crippen molar-refractivity contribution in [1.29, 1.82) is 5.26 Å². The molecule has 0 bridgehead atoms. The van der Waals surface area contributed by atoms with E-state index < -0.39 is 0 Å². The fraction of sp³-hybridized carbons (Fsp3) is 0.208. The lowest BCUT2D eigenvalue weighted by molar-refractivity contribution is 0.404. The molecular weight excluding hydrogens is 408 g/mol. The number of nitrogens with zero attached hydrogens (tertiary/aromatic N) is 4. The summed E-state index contributed by atoms with van der Waals surface area (Å²) >= 11 is 1.50. The lowest BCUT2D eigenvalue weighted by atomic mass is 10.1. The number of methoxy groups -OCH3 is 2. The zero-order chi connectivity index (χ0) is 22.4. The first-order valence-electron chi connectivity index (χ1n) is 9.60. The normalized spacial score (nSPS) is 11.8. The number of aromatic nitrogens is 1. The van der Waals surface area contributed by atoms with Crippen LogP contribution in [0.25, 0.3) is 11.3 Å². The van der Waals surface area contributed by atoms with Crippen molar-refractivity contribution >= 4 is 17.0 Å². The number of hydrogen-bond donors (Lipinski definition) is 0. The second kappa shape index (κ2) is 9.92. The van der Waals surface area contributed by atoms with Gasteiger partial charge in [0.2, 0.25) is 4.80 Å². The van der Waals surface area contributed by atoms with E-state index in [4.69, 9.17) is 19.8 Å². The van der Waals surface area contributed by atoms with Crippen molar-refractivity contribution in [1.82, 2.24) is 4.68 Å². The Hall–Kier alpha value is -3.63. The maximum Gasteiger partial charge on any atom is 0.206 e. The Labute approximate surface area is 186 Å². The van der Waals surface area contributed by atoms with E-state index in [-0.39, 0.29) is 0 Å². The van der Waals surface area contributed by atoms with Crippen LogP contribution in [-0.2, 0) is 0 Å². The average molecular weight is 433 g/mol. The quantitative estimate of drug-likeness (QED) is 0.396. The van der Waals surface area contributed by atoms with Gasteiger partial charge in [-0.3, -0.25) is 4.99 Å². The molecule has 0 atom stereocenters. The molecule has 31 heavy (non-hydrogen) atoms. The van der Waals surface area contributed by atoms with E-state index in [1.165, 1.54) is 11.3 Å². The molecule has 0 aliphatic rings. The Morgan fingerprint density at radius 3 is 2.48 bits per heavy atom. The molecule has 0 saturated heterocycles. The molecule has 0 aliphatic carbocycles. The number of rotatable bonds is 7. The number of nitriles is 1. The molecule has 0 fully saturated rings. The van der Waals surface area contributed by atoms with Gasteiger partial charge in [-0.1, -0.05) is 24.3 Å². The monoisotopic (exact) mass is 432 g/mol. The summed E-state index contributed by atoms with van der Waals surface area (Å²) < 4.78 is 12.8. The summed E-state index contributed by atoms with van der Waals surface area (Å²) in [5, 5.41) is 15.9. The molecular formula is C24H24N4O2S. The van der Waals surface area contributed by atoms with Gasteiger partial charge in [0.1, 0.15) is 11.5 Å². The SMILES string of the molecule is C=C(C)CN=c1scc(-c2cc(OC)ccc2OC)n1N=C(C)c1ccc(C#N)cc1. The van der Waals surface area contributed by atoms with Gasteiger partial charge in [0.15, 0.2) is 0 Å². The summed E-state index contributed by atoms with van der Waals surface area (Å²) in [6, 6.07) is 15.1. The summed E-state index contributed by atoms with van der Waals surface area (Å²) in [6.07, 6.45) is 0. The van der Waals surface area contributed by atoms with Crippen molar-refractivity contribution in [3.8, 4) is 28.8 Å². The van der Waals surface area contributed by atoms with Gasteiger partial charge in [0.05, 0.1) is 43.8 Å². The number of ether oxygens (including phenoxy) is 2. The van der Waals surface area contributed by atoms with E-state index in [2.05, 4.69) is 17.6 Å². The molecule has 0 radical (unpaired) electrons. The van der Waals surface area contributed by atoms with E-state index in [1.807, 2.05) is 54.2 Å². The van der Waals surface area contributed by atoms with Crippen LogP contribution in [0, 0.1) is 11.3 Å². The topological polar surface area (TPSA) is 71.9 Å². The van der Waals surface area contributed by atoms with Crippen LogP contribution >= 0.6 is 11.3 Å². The minimum atomic E-state index is 0.515. The predicted molar refractivity (Wildman–Crippen MR) is 125 cm³/mol. The average Bonchev–Trinajstić information content (AvgIpc) is 3.19. The summed E-state index contributed by atoms with van der Waals surface area (Å²) in [5.41, 5.74) is 4.99. The summed E-state index contributed by atoms with van der Waals surface area (Å²) in [4.78, 5) is 5.43. The minimum absolute atomic E-state index is 0.515. The Balaban J connectivity index is 2.20. The highest BCUT2D eigenvalue weighted by molar-refractivity contribution is 7.07. The van der Waals surface area contributed by atoms with Crippen LogP contribution in [0.15, 0.2) is 70.1 Å². The lowest BCUT2D eigenvalue weighted by Crippen LogP contribution is -2.15. The molecule has 1 heterocycles. The van der Waals surface area contributed by atoms with Crippen LogP contribution in [0.4, 0.5) is 0 Å². The third-order valence-corrected chi connectivity index (χ3v) is 5.39. The zero-order valence-electron chi connectivity index (χ0n) is 18.0. The Bertz CT molecular complexity index is 1230. The maximum absolute atomic E-state index is 9.04. The highest BCUT2D eigenvalue weighted by Crippen LogP contribution is 2.33. The smallest absolute Gasteiger partial charge is 0.206 e.